The molecular weight excluding hydrogens is 211 g/mol. The van der Waals surface area contributed by atoms with E-state index in [-0.39, 0.29) is 0 Å². The van der Waals surface area contributed by atoms with Crippen molar-refractivity contribution in [3.63, 3.8) is 0 Å². The topological polar surface area (TPSA) is 0 Å². The van der Waals surface area contributed by atoms with Crippen LogP contribution in [-0.4, -0.2) is 19.3 Å². The molecule has 1 atom stereocenters. The van der Waals surface area contributed by atoms with Crippen molar-refractivity contribution in [1.29, 1.82) is 0 Å². The molecule has 0 spiro atoms. The van der Waals surface area contributed by atoms with Crippen molar-refractivity contribution >= 4 is 47.6 Å². The van der Waals surface area contributed by atoms with Gasteiger partial charge in [0.1, 0.15) is 0 Å². The Labute approximate surface area is 72.7 Å². The Kier molecular flexibility index (Phi) is 3.59. The van der Waals surface area contributed by atoms with Gasteiger partial charge in [-0.1, -0.05) is 19.6 Å². The van der Waals surface area contributed by atoms with Crippen molar-refractivity contribution in [2.75, 3.05) is 5.50 Å². The monoisotopic (exact) mass is 220 g/mol. The van der Waals surface area contributed by atoms with Gasteiger partial charge in [0.15, 0.2) is 13.8 Å². The van der Waals surface area contributed by atoms with E-state index in [1.54, 1.807) is 0 Å². The molecule has 0 saturated carbocycles. The molecule has 5 heteroatoms. The van der Waals surface area contributed by atoms with Crippen LogP contribution in [0.15, 0.2) is 0 Å². The molecule has 9 heavy (non-hydrogen) atoms. The van der Waals surface area contributed by atoms with Crippen LogP contribution < -0.4 is 0 Å². The van der Waals surface area contributed by atoms with Crippen LogP contribution in [0.3, 0.4) is 0 Å². The third kappa shape index (κ3) is 2.80. The molecule has 0 bridgehead atoms. The lowest BCUT2D eigenvalue weighted by Crippen LogP contribution is -2.50. The van der Waals surface area contributed by atoms with Crippen LogP contribution in [0.1, 0.15) is 0 Å². The molecule has 0 aromatic rings. The zero-order valence-corrected chi connectivity index (χ0v) is 10.1. The van der Waals surface area contributed by atoms with E-state index in [0.29, 0.717) is 5.50 Å². The second kappa shape index (κ2) is 3.14. The van der Waals surface area contributed by atoms with Gasteiger partial charge < -0.3 is 0 Å². The maximum absolute atomic E-state index is 6.13. The molecule has 0 fully saturated rings. The van der Waals surface area contributed by atoms with Crippen LogP contribution in [0.5, 0.6) is 0 Å². The fourth-order valence-electron chi connectivity index (χ4n) is 0.159. The molecule has 0 aliphatic rings. The highest BCUT2D eigenvalue weighted by Crippen LogP contribution is 2.27. The smallest absolute Gasteiger partial charge is 0.170 e. The molecule has 0 N–H and O–H groups in total. The minimum atomic E-state index is -1.74. The molecule has 0 radical (unpaired) electrons. The molecule has 1 unspecified atom stereocenters. The van der Waals surface area contributed by atoms with Gasteiger partial charge in [-0.3, -0.25) is 0 Å². The summed E-state index contributed by atoms with van der Waals surface area (Å²) < 4.78 is 0. The maximum atomic E-state index is 6.13. The standard InChI is InChI=1S/C4H11Cl3Si2/c1-8(2,6)9(3,7)4-5/h4H2,1-3H3. The number of hydrogen-bond donors (Lipinski definition) is 0. The normalized spacial score (nSPS) is 19.3. The minimum Gasteiger partial charge on any atom is -0.170 e. The van der Waals surface area contributed by atoms with Crippen molar-refractivity contribution in [2.45, 2.75) is 19.6 Å². The van der Waals surface area contributed by atoms with Crippen molar-refractivity contribution in [3.05, 3.63) is 0 Å². The highest BCUT2D eigenvalue weighted by Gasteiger charge is 2.42. The predicted molar refractivity (Wildman–Crippen MR) is 51.5 cm³/mol. The summed E-state index contributed by atoms with van der Waals surface area (Å²) in [4.78, 5) is 0. The predicted octanol–water partition coefficient (Wildman–Crippen LogP) is 3.10. The largest absolute Gasteiger partial charge is 0.176 e. The summed E-state index contributed by atoms with van der Waals surface area (Å²) in [7, 11) is 0. The first-order valence-electron chi connectivity index (χ1n) is 2.75. The molecule has 0 amide bonds. The van der Waals surface area contributed by atoms with Crippen molar-refractivity contribution in [1.82, 2.24) is 0 Å². The maximum Gasteiger partial charge on any atom is 0.176 e. The molecule has 0 aromatic carbocycles. The third-order valence-electron chi connectivity index (χ3n) is 1.49. The van der Waals surface area contributed by atoms with Crippen LogP contribution in [0, 0.1) is 0 Å². The van der Waals surface area contributed by atoms with E-state index < -0.39 is 13.8 Å². The van der Waals surface area contributed by atoms with E-state index in [9.17, 15) is 0 Å². The van der Waals surface area contributed by atoms with Crippen LogP contribution in [0.25, 0.3) is 0 Å². The molecular formula is C4H11Cl3Si2. The summed E-state index contributed by atoms with van der Waals surface area (Å²) in [6.45, 7) is 2.75. The van der Waals surface area contributed by atoms with E-state index in [0.717, 1.165) is 0 Å². The zero-order valence-electron chi connectivity index (χ0n) is 5.84. The van der Waals surface area contributed by atoms with Gasteiger partial charge in [0, 0.05) is 5.50 Å². The van der Waals surface area contributed by atoms with E-state index in [1.807, 2.05) is 6.55 Å². The minimum absolute atomic E-state index is 0.567. The summed E-state index contributed by atoms with van der Waals surface area (Å²) in [6, 6.07) is 0. The molecule has 0 nitrogen and oxygen atoms in total. The van der Waals surface area contributed by atoms with E-state index >= 15 is 0 Å². The lowest BCUT2D eigenvalue weighted by Gasteiger charge is -2.26. The lowest BCUT2D eigenvalue weighted by molar-refractivity contribution is 1.87. The molecule has 0 aliphatic heterocycles. The number of rotatable bonds is 2. The summed E-state index contributed by atoms with van der Waals surface area (Å²) in [5.74, 6) is 0. The molecule has 0 aromatic heterocycles. The van der Waals surface area contributed by atoms with Gasteiger partial charge in [-0.25, -0.2) is 0 Å². The van der Waals surface area contributed by atoms with E-state index in [1.165, 1.54) is 0 Å². The van der Waals surface area contributed by atoms with E-state index in [2.05, 4.69) is 13.1 Å². The van der Waals surface area contributed by atoms with Crippen LogP contribution in [0.4, 0.5) is 0 Å². The summed E-state index contributed by atoms with van der Waals surface area (Å²) in [6.07, 6.45) is 0. The summed E-state index contributed by atoms with van der Waals surface area (Å²) in [5.41, 5.74) is 0.567. The lowest BCUT2D eigenvalue weighted by atomic mass is 11.9. The number of halogens is 3. The van der Waals surface area contributed by atoms with Gasteiger partial charge in [-0.2, -0.15) is 22.2 Å². The second-order valence-corrected chi connectivity index (χ2v) is 23.5. The van der Waals surface area contributed by atoms with Crippen molar-refractivity contribution in [3.8, 4) is 0 Å². The van der Waals surface area contributed by atoms with Crippen molar-refractivity contribution < 1.29 is 0 Å². The molecule has 0 aliphatic carbocycles. The summed E-state index contributed by atoms with van der Waals surface area (Å²) in [5, 5.41) is 0. The average Bonchev–Trinajstić information content (AvgIpc) is 1.64. The molecule has 56 valence electrons. The van der Waals surface area contributed by atoms with Gasteiger partial charge in [-0.15, -0.1) is 11.6 Å². The zero-order chi connectivity index (χ0) is 7.71. The quantitative estimate of drug-likeness (QED) is 0.382. The highest BCUT2D eigenvalue weighted by atomic mass is 35.6. The Balaban J connectivity index is 4.14. The van der Waals surface area contributed by atoms with Crippen LogP contribution >= 0.6 is 33.8 Å². The molecule has 0 rings (SSSR count). The first-order chi connectivity index (χ1) is 3.81. The van der Waals surface area contributed by atoms with Crippen molar-refractivity contribution in [2.24, 2.45) is 0 Å². The van der Waals surface area contributed by atoms with Crippen LogP contribution in [-0.2, 0) is 0 Å². The summed E-state index contributed by atoms with van der Waals surface area (Å²) >= 11 is 17.9. The fourth-order valence-corrected chi connectivity index (χ4v) is 5.65. The van der Waals surface area contributed by atoms with Gasteiger partial charge in [-0.05, 0) is 0 Å². The van der Waals surface area contributed by atoms with E-state index in [4.69, 9.17) is 33.8 Å². The first kappa shape index (κ1) is 10.3. The Bertz CT molecular complexity index is 96.5. The Morgan fingerprint density at radius 3 is 1.44 bits per heavy atom. The second-order valence-electron chi connectivity index (χ2n) is 2.80. The molecule has 0 saturated heterocycles. The third-order valence-corrected chi connectivity index (χ3v) is 24.4. The Hall–Kier alpha value is 1.30. The molecule has 0 heterocycles. The Morgan fingerprint density at radius 1 is 1.11 bits per heavy atom. The Morgan fingerprint density at radius 2 is 1.44 bits per heavy atom. The van der Waals surface area contributed by atoms with Gasteiger partial charge in [0.2, 0.25) is 0 Å². The highest BCUT2D eigenvalue weighted by molar-refractivity contribution is 7.71. The van der Waals surface area contributed by atoms with Gasteiger partial charge >= 0.3 is 0 Å². The number of hydrogen-bond acceptors (Lipinski definition) is 0. The van der Waals surface area contributed by atoms with Crippen LogP contribution in [0.2, 0.25) is 19.6 Å². The first-order valence-corrected chi connectivity index (χ1v) is 12.0. The number of alkyl halides is 1. The SMILES string of the molecule is C[Si](C)(Cl)[Si](C)(Cl)CCl. The fraction of sp³-hybridized carbons (Fsp3) is 1.00. The van der Waals surface area contributed by atoms with Gasteiger partial charge in [0.25, 0.3) is 0 Å². The average molecular weight is 222 g/mol. The van der Waals surface area contributed by atoms with Gasteiger partial charge in [0.05, 0.1) is 0 Å².